The first-order valence-corrected chi connectivity index (χ1v) is 10.8. The van der Waals surface area contributed by atoms with Crippen molar-refractivity contribution >= 4 is 18.6 Å². The number of piperidine rings is 1. The number of nitrogens with one attached hydrogen (secondary N) is 1. The first-order chi connectivity index (χ1) is 16.1. The van der Waals surface area contributed by atoms with Crippen molar-refractivity contribution in [3.05, 3.63) is 47.7 Å². The van der Waals surface area contributed by atoms with Gasteiger partial charge in [0.1, 0.15) is 5.69 Å². The van der Waals surface area contributed by atoms with Gasteiger partial charge in [-0.05, 0) is 51.5 Å². The lowest BCUT2D eigenvalue weighted by Gasteiger charge is -2.39. The minimum Gasteiger partial charge on any atom is -0.332 e. The summed E-state index contributed by atoms with van der Waals surface area (Å²) < 4.78 is 38.2. The van der Waals surface area contributed by atoms with E-state index in [0.717, 1.165) is 26.0 Å². The highest BCUT2D eigenvalue weighted by molar-refractivity contribution is 5.96. The van der Waals surface area contributed by atoms with Gasteiger partial charge in [-0.2, -0.15) is 23.4 Å². The number of hydrogen-bond acceptors (Lipinski definition) is 5. The summed E-state index contributed by atoms with van der Waals surface area (Å²) in [5.41, 5.74) is 0.539. The van der Waals surface area contributed by atoms with E-state index in [9.17, 15) is 18.0 Å². The highest BCUT2D eigenvalue weighted by Crippen LogP contribution is 2.27. The average Bonchev–Trinajstić information content (AvgIpc) is 3.33. The largest absolute Gasteiger partial charge is 0.413 e. The van der Waals surface area contributed by atoms with Gasteiger partial charge in [0.15, 0.2) is 5.69 Å². The number of likely N-dealkylation sites (tertiary alicyclic amines) is 1. The molecule has 1 aliphatic rings. The Bertz CT molecular complexity index is 1080. The SMILES string of the molecule is C=NC(=NCC1C(C)CCCN1C(=O)c1nc(C)ccc1-n1nccn1)N/C=C(\C)C(F)(F)F. The van der Waals surface area contributed by atoms with Crippen LogP contribution in [0.25, 0.3) is 5.69 Å². The third-order valence-electron chi connectivity index (χ3n) is 5.67. The standard InChI is InChI=1S/C22H27F3N8O/c1-14-6-5-11-32(18(14)13-28-21(26-4)27-12-15(2)22(23,24)25)20(34)19-17(8-7-16(3)31-19)33-29-9-10-30-33/h7-10,12,14,18H,4-6,11,13H2,1-3H3,(H,27,28)/b15-12+. The lowest BCUT2D eigenvalue weighted by Crippen LogP contribution is -2.50. The van der Waals surface area contributed by atoms with Crippen LogP contribution in [0.4, 0.5) is 13.2 Å². The van der Waals surface area contributed by atoms with Crippen LogP contribution in [-0.2, 0) is 0 Å². The smallest absolute Gasteiger partial charge is 0.332 e. The maximum absolute atomic E-state index is 13.6. The Morgan fingerprint density at radius 2 is 2.03 bits per heavy atom. The number of carbonyl (C=O) groups is 1. The Labute approximate surface area is 195 Å². The fraction of sp³-hybridized carbons (Fsp3) is 0.455. The van der Waals surface area contributed by atoms with Crippen molar-refractivity contribution in [2.45, 2.75) is 45.8 Å². The predicted molar refractivity (Wildman–Crippen MR) is 122 cm³/mol. The first kappa shape index (κ1) is 25.1. The molecule has 3 rings (SSSR count). The molecule has 0 saturated carbocycles. The molecule has 1 saturated heterocycles. The maximum Gasteiger partial charge on any atom is 0.413 e. The number of guanidine groups is 1. The second kappa shape index (κ2) is 10.6. The van der Waals surface area contributed by atoms with Gasteiger partial charge < -0.3 is 10.2 Å². The zero-order chi connectivity index (χ0) is 24.9. The highest BCUT2D eigenvalue weighted by atomic mass is 19.4. The Balaban J connectivity index is 1.86. The Morgan fingerprint density at radius 1 is 1.32 bits per heavy atom. The lowest BCUT2D eigenvalue weighted by atomic mass is 9.90. The third-order valence-corrected chi connectivity index (χ3v) is 5.67. The summed E-state index contributed by atoms with van der Waals surface area (Å²) in [6.07, 6.45) is 1.06. The summed E-state index contributed by atoms with van der Waals surface area (Å²) >= 11 is 0. The molecule has 12 heteroatoms. The molecule has 1 fully saturated rings. The number of hydrogen-bond donors (Lipinski definition) is 1. The molecule has 34 heavy (non-hydrogen) atoms. The summed E-state index contributed by atoms with van der Waals surface area (Å²) in [5, 5.41) is 10.7. The fourth-order valence-corrected chi connectivity index (χ4v) is 3.70. The Hall–Kier alpha value is -3.57. The van der Waals surface area contributed by atoms with Gasteiger partial charge in [-0.3, -0.25) is 4.79 Å². The summed E-state index contributed by atoms with van der Waals surface area (Å²) in [6.45, 7) is 8.78. The number of rotatable bonds is 5. The van der Waals surface area contributed by atoms with Crippen molar-refractivity contribution in [1.82, 2.24) is 30.2 Å². The molecule has 0 aliphatic carbocycles. The van der Waals surface area contributed by atoms with Crippen LogP contribution in [0.1, 0.15) is 42.9 Å². The van der Waals surface area contributed by atoms with E-state index in [2.05, 4.69) is 37.2 Å². The highest BCUT2D eigenvalue weighted by Gasteiger charge is 2.34. The molecule has 1 amide bonds. The average molecular weight is 477 g/mol. The van der Waals surface area contributed by atoms with Crippen molar-refractivity contribution < 1.29 is 18.0 Å². The number of aliphatic imine (C=N–C) groups is 2. The molecular formula is C22H27F3N8O. The zero-order valence-corrected chi connectivity index (χ0v) is 19.2. The minimum absolute atomic E-state index is 0.0520. The Morgan fingerprint density at radius 3 is 2.68 bits per heavy atom. The van der Waals surface area contributed by atoms with Gasteiger partial charge in [-0.25, -0.2) is 15.0 Å². The van der Waals surface area contributed by atoms with E-state index in [0.29, 0.717) is 17.9 Å². The normalized spacial score (nSPS) is 19.8. The summed E-state index contributed by atoms with van der Waals surface area (Å²) in [7, 11) is 0. The van der Waals surface area contributed by atoms with E-state index in [1.54, 1.807) is 24.0 Å². The van der Waals surface area contributed by atoms with Crippen LogP contribution >= 0.6 is 0 Å². The zero-order valence-electron chi connectivity index (χ0n) is 19.2. The number of aromatic nitrogens is 4. The Kier molecular flexibility index (Phi) is 7.79. The van der Waals surface area contributed by atoms with Gasteiger partial charge in [-0.1, -0.05) is 6.92 Å². The molecule has 3 heterocycles. The van der Waals surface area contributed by atoms with Crippen molar-refractivity contribution in [2.75, 3.05) is 13.1 Å². The monoisotopic (exact) mass is 476 g/mol. The molecule has 0 bridgehead atoms. The molecular weight excluding hydrogens is 449 g/mol. The number of alkyl halides is 3. The molecule has 2 atom stereocenters. The van der Waals surface area contributed by atoms with Crippen LogP contribution in [0.3, 0.4) is 0 Å². The molecule has 182 valence electrons. The van der Waals surface area contributed by atoms with Crippen molar-refractivity contribution in [3.63, 3.8) is 0 Å². The van der Waals surface area contributed by atoms with Crippen LogP contribution in [0.2, 0.25) is 0 Å². The van der Waals surface area contributed by atoms with Crippen molar-refractivity contribution in [2.24, 2.45) is 15.9 Å². The van der Waals surface area contributed by atoms with E-state index < -0.39 is 11.7 Å². The number of carbonyl (C=O) groups excluding carboxylic acids is 1. The summed E-state index contributed by atoms with van der Waals surface area (Å²) in [6, 6.07) is 3.23. The van der Waals surface area contributed by atoms with Gasteiger partial charge >= 0.3 is 6.18 Å². The fourth-order valence-electron chi connectivity index (χ4n) is 3.70. The number of pyridine rings is 1. The molecule has 2 unspecified atom stereocenters. The van der Waals surface area contributed by atoms with E-state index in [-0.39, 0.29) is 36.1 Å². The van der Waals surface area contributed by atoms with Gasteiger partial charge in [-0.15, -0.1) is 4.80 Å². The quantitative estimate of drug-likeness (QED) is 0.527. The molecule has 2 aromatic heterocycles. The number of halogens is 3. The third kappa shape index (κ3) is 5.86. The van der Waals surface area contributed by atoms with Crippen LogP contribution < -0.4 is 5.32 Å². The summed E-state index contributed by atoms with van der Waals surface area (Å²) in [5.74, 6) is -0.225. The molecule has 0 spiro atoms. The molecule has 0 radical (unpaired) electrons. The van der Waals surface area contributed by atoms with Gasteiger partial charge in [0, 0.05) is 24.0 Å². The molecule has 2 aromatic rings. The topological polar surface area (TPSA) is 101 Å². The maximum atomic E-state index is 13.6. The first-order valence-electron chi connectivity index (χ1n) is 10.8. The van der Waals surface area contributed by atoms with Crippen molar-refractivity contribution in [1.29, 1.82) is 0 Å². The van der Waals surface area contributed by atoms with E-state index in [1.807, 2.05) is 6.92 Å². The van der Waals surface area contributed by atoms with Crippen LogP contribution in [0.5, 0.6) is 0 Å². The molecule has 0 aromatic carbocycles. The predicted octanol–water partition coefficient (Wildman–Crippen LogP) is 3.32. The summed E-state index contributed by atoms with van der Waals surface area (Å²) in [4.78, 5) is 29.1. The molecule has 9 nitrogen and oxygen atoms in total. The van der Waals surface area contributed by atoms with E-state index in [4.69, 9.17) is 0 Å². The van der Waals surface area contributed by atoms with Crippen LogP contribution in [0.15, 0.2) is 46.3 Å². The van der Waals surface area contributed by atoms with Crippen molar-refractivity contribution in [3.8, 4) is 5.69 Å². The molecule has 1 N–H and O–H groups in total. The number of nitrogens with zero attached hydrogens (tertiary/aromatic N) is 7. The van der Waals surface area contributed by atoms with Crippen LogP contribution in [0, 0.1) is 12.8 Å². The lowest BCUT2D eigenvalue weighted by molar-refractivity contribution is -0.0916. The van der Waals surface area contributed by atoms with Gasteiger partial charge in [0.25, 0.3) is 5.91 Å². The van der Waals surface area contributed by atoms with Gasteiger partial charge in [0.05, 0.1) is 25.0 Å². The van der Waals surface area contributed by atoms with Crippen LogP contribution in [-0.4, -0.2) is 68.8 Å². The number of allylic oxidation sites excluding steroid dienone is 1. The number of aryl methyl sites for hydroxylation is 1. The van der Waals surface area contributed by atoms with E-state index >= 15 is 0 Å². The number of amides is 1. The molecule has 1 aliphatic heterocycles. The second-order valence-electron chi connectivity index (χ2n) is 8.12. The second-order valence-corrected chi connectivity index (χ2v) is 8.12. The van der Waals surface area contributed by atoms with E-state index in [1.165, 1.54) is 17.2 Å². The minimum atomic E-state index is -4.46. The van der Waals surface area contributed by atoms with Gasteiger partial charge in [0.2, 0.25) is 5.96 Å².